The third-order valence-electron chi connectivity index (χ3n) is 6.43. The molecular formula is C29H34ClN3O2. The van der Waals surface area contributed by atoms with Crippen LogP contribution in [0, 0.1) is 0 Å². The molecule has 1 aromatic heterocycles. The van der Waals surface area contributed by atoms with Crippen molar-refractivity contribution in [2.75, 3.05) is 5.32 Å². The zero-order chi connectivity index (χ0) is 25.0. The number of aromatic nitrogens is 1. The Bertz CT molecular complexity index is 1180. The summed E-state index contributed by atoms with van der Waals surface area (Å²) in [6.07, 6.45) is 7.06. The van der Waals surface area contributed by atoms with Gasteiger partial charge in [-0.2, -0.15) is 0 Å². The monoisotopic (exact) mass is 491 g/mol. The molecule has 1 amide bonds. The number of ether oxygens (including phenoxy) is 1. The first-order valence-electron chi connectivity index (χ1n) is 12.2. The second-order valence-corrected chi connectivity index (χ2v) is 10.5. The number of pyridine rings is 1. The smallest absolute Gasteiger partial charge is 0.410 e. The molecule has 0 atom stereocenters. The highest BCUT2D eigenvalue weighted by Gasteiger charge is 2.32. The molecule has 1 saturated carbocycles. The molecule has 6 heteroatoms. The van der Waals surface area contributed by atoms with Gasteiger partial charge in [-0.05, 0) is 58.1 Å². The molecule has 2 aromatic carbocycles. The van der Waals surface area contributed by atoms with E-state index >= 15 is 0 Å². The number of fused-ring (bicyclic) bond motifs is 1. The number of halogens is 1. The first-order chi connectivity index (χ1) is 16.7. The van der Waals surface area contributed by atoms with Crippen molar-refractivity contribution in [1.82, 2.24) is 9.88 Å². The lowest BCUT2D eigenvalue weighted by Crippen LogP contribution is -2.45. The fourth-order valence-corrected chi connectivity index (χ4v) is 4.97. The highest BCUT2D eigenvalue weighted by Crippen LogP contribution is 2.34. The van der Waals surface area contributed by atoms with Crippen LogP contribution in [-0.2, 0) is 11.3 Å². The van der Waals surface area contributed by atoms with Gasteiger partial charge in [0.15, 0.2) is 0 Å². The zero-order valence-corrected chi connectivity index (χ0v) is 21.5. The molecule has 35 heavy (non-hydrogen) atoms. The van der Waals surface area contributed by atoms with Crippen LogP contribution in [0.1, 0.15) is 57.6 Å². The van der Waals surface area contributed by atoms with Gasteiger partial charge in [0.05, 0.1) is 0 Å². The van der Waals surface area contributed by atoms with Crippen molar-refractivity contribution < 1.29 is 9.53 Å². The normalized spacial score (nSPS) is 18.2. The molecule has 0 radical (unpaired) electrons. The number of carbonyl (C=O) groups excluding carboxylic acids is 1. The number of anilines is 1. The van der Waals surface area contributed by atoms with Crippen molar-refractivity contribution >= 4 is 40.2 Å². The SMILES string of the molecule is C=Cc1cnc(Cl)c2cccc(NC3CCC(N(Cc4ccccc4)C(=O)OC(C)(C)C)CC3)c12. The molecule has 1 aliphatic carbocycles. The van der Waals surface area contributed by atoms with Gasteiger partial charge in [-0.1, -0.05) is 66.7 Å². The van der Waals surface area contributed by atoms with Crippen LogP contribution >= 0.6 is 11.6 Å². The number of amides is 1. The summed E-state index contributed by atoms with van der Waals surface area (Å²) in [6, 6.07) is 16.6. The van der Waals surface area contributed by atoms with Crippen LogP contribution in [0.25, 0.3) is 16.8 Å². The molecule has 184 valence electrons. The van der Waals surface area contributed by atoms with Gasteiger partial charge in [0.2, 0.25) is 0 Å². The molecule has 5 nitrogen and oxygen atoms in total. The van der Waals surface area contributed by atoms with Gasteiger partial charge in [0, 0.05) is 46.8 Å². The van der Waals surface area contributed by atoms with Crippen LogP contribution in [0.4, 0.5) is 10.5 Å². The minimum Gasteiger partial charge on any atom is -0.444 e. The van der Waals surface area contributed by atoms with E-state index in [-0.39, 0.29) is 12.1 Å². The van der Waals surface area contributed by atoms with E-state index in [1.54, 1.807) is 6.20 Å². The summed E-state index contributed by atoms with van der Waals surface area (Å²) in [5.41, 5.74) is 2.58. The second-order valence-electron chi connectivity index (χ2n) is 10.2. The molecule has 1 heterocycles. The summed E-state index contributed by atoms with van der Waals surface area (Å²) in [4.78, 5) is 19.3. The molecule has 1 aliphatic rings. The van der Waals surface area contributed by atoms with Crippen LogP contribution in [0.2, 0.25) is 5.15 Å². The number of carbonyl (C=O) groups is 1. The Kier molecular flexibility index (Phi) is 7.66. The molecule has 1 N–H and O–H groups in total. The maximum atomic E-state index is 13.1. The quantitative estimate of drug-likeness (QED) is 0.359. The number of hydrogen-bond acceptors (Lipinski definition) is 4. The summed E-state index contributed by atoms with van der Waals surface area (Å²) in [6.45, 7) is 10.2. The third kappa shape index (κ3) is 6.15. The van der Waals surface area contributed by atoms with Crippen molar-refractivity contribution in [3.63, 3.8) is 0 Å². The van der Waals surface area contributed by atoms with Crippen LogP contribution in [0.3, 0.4) is 0 Å². The largest absolute Gasteiger partial charge is 0.444 e. The Labute approximate surface area is 213 Å². The molecule has 0 saturated heterocycles. The standard InChI is InChI=1S/C29H34ClN3O2/c1-5-21-18-31-27(30)24-12-9-13-25(26(21)24)32-22-14-16-23(17-15-22)33(28(34)35-29(2,3)4)19-20-10-7-6-8-11-20/h5-13,18,22-23,32H,1,14-17,19H2,2-4H3. The van der Waals surface area contributed by atoms with Gasteiger partial charge < -0.3 is 15.0 Å². The predicted octanol–water partition coefficient (Wildman–Crippen LogP) is 7.69. The molecule has 0 spiro atoms. The Morgan fingerprint density at radius 3 is 2.51 bits per heavy atom. The summed E-state index contributed by atoms with van der Waals surface area (Å²) in [7, 11) is 0. The molecule has 0 bridgehead atoms. The number of benzene rings is 2. The average molecular weight is 492 g/mol. The zero-order valence-electron chi connectivity index (χ0n) is 20.8. The van der Waals surface area contributed by atoms with E-state index in [0.29, 0.717) is 17.7 Å². The van der Waals surface area contributed by atoms with E-state index in [4.69, 9.17) is 16.3 Å². The maximum absolute atomic E-state index is 13.1. The minimum atomic E-state index is -0.530. The van der Waals surface area contributed by atoms with Gasteiger partial charge in [0.25, 0.3) is 0 Å². The van der Waals surface area contributed by atoms with Crippen molar-refractivity contribution in [1.29, 1.82) is 0 Å². The Morgan fingerprint density at radius 2 is 1.86 bits per heavy atom. The van der Waals surface area contributed by atoms with Gasteiger partial charge >= 0.3 is 6.09 Å². The first kappa shape index (κ1) is 25.1. The number of rotatable bonds is 6. The molecule has 1 fully saturated rings. The molecule has 3 aromatic rings. The van der Waals surface area contributed by atoms with Gasteiger partial charge in [-0.15, -0.1) is 0 Å². The van der Waals surface area contributed by atoms with Gasteiger partial charge in [-0.25, -0.2) is 9.78 Å². The van der Waals surface area contributed by atoms with Crippen LogP contribution in [-0.4, -0.2) is 33.7 Å². The first-order valence-corrected chi connectivity index (χ1v) is 12.6. The topological polar surface area (TPSA) is 54.5 Å². The number of nitrogens with one attached hydrogen (secondary N) is 1. The maximum Gasteiger partial charge on any atom is 0.410 e. The van der Waals surface area contributed by atoms with Gasteiger partial charge in [0.1, 0.15) is 10.8 Å². The fourth-order valence-electron chi connectivity index (χ4n) is 4.77. The van der Waals surface area contributed by atoms with Crippen molar-refractivity contribution in [2.24, 2.45) is 0 Å². The number of nitrogens with zero attached hydrogens (tertiary/aromatic N) is 2. The molecular weight excluding hydrogens is 458 g/mol. The highest BCUT2D eigenvalue weighted by atomic mass is 35.5. The number of hydrogen-bond donors (Lipinski definition) is 1. The lowest BCUT2D eigenvalue weighted by molar-refractivity contribution is 0.00952. The van der Waals surface area contributed by atoms with E-state index in [0.717, 1.165) is 53.3 Å². The highest BCUT2D eigenvalue weighted by molar-refractivity contribution is 6.35. The molecule has 0 aliphatic heterocycles. The Morgan fingerprint density at radius 1 is 1.14 bits per heavy atom. The van der Waals surface area contributed by atoms with E-state index in [1.165, 1.54) is 0 Å². The van der Waals surface area contributed by atoms with E-state index < -0.39 is 5.60 Å². The lowest BCUT2D eigenvalue weighted by Gasteiger charge is -2.38. The average Bonchev–Trinajstić information content (AvgIpc) is 2.83. The van der Waals surface area contributed by atoms with E-state index in [9.17, 15) is 4.79 Å². The van der Waals surface area contributed by atoms with Crippen LogP contribution < -0.4 is 5.32 Å². The molecule has 4 rings (SSSR count). The second kappa shape index (κ2) is 10.7. The minimum absolute atomic E-state index is 0.137. The summed E-state index contributed by atoms with van der Waals surface area (Å²) in [5, 5.41) is 6.19. The summed E-state index contributed by atoms with van der Waals surface area (Å²) < 4.78 is 5.78. The van der Waals surface area contributed by atoms with E-state index in [1.807, 2.05) is 62.1 Å². The van der Waals surface area contributed by atoms with Gasteiger partial charge in [-0.3, -0.25) is 0 Å². The van der Waals surface area contributed by atoms with Crippen molar-refractivity contribution in [2.45, 2.75) is 70.7 Å². The Hall–Kier alpha value is -3.05. The molecule has 0 unspecified atom stereocenters. The summed E-state index contributed by atoms with van der Waals surface area (Å²) >= 11 is 6.37. The predicted molar refractivity (Wildman–Crippen MR) is 145 cm³/mol. The van der Waals surface area contributed by atoms with Crippen molar-refractivity contribution in [3.05, 3.63) is 77.6 Å². The van der Waals surface area contributed by atoms with Crippen molar-refractivity contribution in [3.8, 4) is 0 Å². The van der Waals surface area contributed by atoms with Crippen LogP contribution in [0.5, 0.6) is 0 Å². The van der Waals surface area contributed by atoms with Crippen LogP contribution in [0.15, 0.2) is 61.3 Å². The summed E-state index contributed by atoms with van der Waals surface area (Å²) in [5.74, 6) is 0. The lowest BCUT2D eigenvalue weighted by atomic mass is 9.89. The fraction of sp³-hybridized carbons (Fsp3) is 0.379. The van der Waals surface area contributed by atoms with E-state index in [2.05, 4.69) is 35.1 Å². The third-order valence-corrected chi connectivity index (χ3v) is 6.73. The Balaban J connectivity index is 1.49.